The lowest BCUT2D eigenvalue weighted by molar-refractivity contribution is 0.262. The third-order valence-electron chi connectivity index (χ3n) is 4.26. The zero-order valence-corrected chi connectivity index (χ0v) is 16.7. The third kappa shape index (κ3) is 5.20. The normalized spacial score (nSPS) is 11.1. The van der Waals surface area contributed by atoms with Crippen molar-refractivity contribution < 1.29 is 17.6 Å². The fraction of sp³-hybridized carbons (Fsp3) is 0.136. The Kier molecular flexibility index (Phi) is 6.29. The van der Waals surface area contributed by atoms with Crippen LogP contribution in [0.15, 0.2) is 77.7 Å². The van der Waals surface area contributed by atoms with Crippen LogP contribution in [-0.2, 0) is 9.84 Å². The largest absolute Gasteiger partial charge is 0.323 e. The number of rotatable bonds is 6. The monoisotopic (exact) mass is 412 g/mol. The summed E-state index contributed by atoms with van der Waals surface area (Å²) in [7, 11) is -3.44. The number of carbonyl (C=O) groups excluding carboxylic acids is 1. The van der Waals surface area contributed by atoms with Gasteiger partial charge in [-0.25, -0.2) is 17.6 Å². The second-order valence-corrected chi connectivity index (χ2v) is 8.59. The Bertz CT molecular complexity index is 1100. The number of benzene rings is 3. The number of carbonyl (C=O) groups is 1. The molecular weight excluding hydrogens is 391 g/mol. The van der Waals surface area contributed by atoms with E-state index in [1.54, 1.807) is 19.1 Å². The molecule has 0 saturated carbocycles. The molecule has 0 unspecified atom stereocenters. The highest BCUT2D eigenvalue weighted by Gasteiger charge is 2.17. The topological polar surface area (TPSA) is 75.3 Å². The van der Waals surface area contributed by atoms with Crippen LogP contribution in [0.2, 0.25) is 0 Å². The van der Waals surface area contributed by atoms with Crippen molar-refractivity contribution in [3.8, 4) is 11.1 Å². The molecule has 0 aliphatic rings. The van der Waals surface area contributed by atoms with E-state index in [4.69, 9.17) is 0 Å². The van der Waals surface area contributed by atoms with Crippen LogP contribution in [0.1, 0.15) is 13.3 Å². The molecule has 150 valence electrons. The van der Waals surface area contributed by atoms with Gasteiger partial charge in [0.05, 0.1) is 16.3 Å². The lowest BCUT2D eigenvalue weighted by Crippen LogP contribution is -2.20. The highest BCUT2D eigenvalue weighted by Crippen LogP contribution is 2.31. The van der Waals surface area contributed by atoms with Crippen molar-refractivity contribution in [2.75, 3.05) is 16.4 Å². The van der Waals surface area contributed by atoms with Gasteiger partial charge in [0, 0.05) is 11.3 Å². The maximum Gasteiger partial charge on any atom is 0.323 e. The molecule has 3 rings (SSSR count). The van der Waals surface area contributed by atoms with Gasteiger partial charge in [-0.3, -0.25) is 0 Å². The first-order valence-electron chi connectivity index (χ1n) is 9.15. The van der Waals surface area contributed by atoms with Gasteiger partial charge in [0.25, 0.3) is 0 Å². The maximum absolute atomic E-state index is 13.0. The molecule has 0 aliphatic heterocycles. The number of hydrogen-bond donors (Lipinski definition) is 2. The standard InChI is InChI=1S/C22H21FN2O3S/c1-2-14-29(27,28)19-12-13-20(16-6-4-3-5-7-16)21(15-19)25-22(26)24-18-10-8-17(23)9-11-18/h3-13,15H,2,14H2,1H3,(H2,24,25,26). The van der Waals surface area contributed by atoms with E-state index in [-0.39, 0.29) is 10.6 Å². The van der Waals surface area contributed by atoms with Crippen LogP contribution in [0.3, 0.4) is 0 Å². The Labute approximate surface area is 169 Å². The molecule has 0 bridgehead atoms. The van der Waals surface area contributed by atoms with Crippen molar-refractivity contribution >= 4 is 27.2 Å². The predicted molar refractivity (Wildman–Crippen MR) is 113 cm³/mol. The number of amides is 2. The average molecular weight is 412 g/mol. The molecule has 0 heterocycles. The molecule has 2 N–H and O–H groups in total. The summed E-state index contributed by atoms with van der Waals surface area (Å²) in [6.45, 7) is 1.80. The van der Waals surface area contributed by atoms with E-state index in [1.807, 2.05) is 30.3 Å². The fourth-order valence-corrected chi connectivity index (χ4v) is 4.24. The number of anilines is 2. The Balaban J connectivity index is 1.94. The summed E-state index contributed by atoms with van der Waals surface area (Å²) in [6.07, 6.45) is 0.497. The zero-order valence-electron chi connectivity index (χ0n) is 15.9. The molecule has 0 spiro atoms. The van der Waals surface area contributed by atoms with Crippen molar-refractivity contribution in [3.63, 3.8) is 0 Å². The minimum Gasteiger partial charge on any atom is -0.308 e. The molecule has 0 aromatic heterocycles. The van der Waals surface area contributed by atoms with Gasteiger partial charge in [0.2, 0.25) is 0 Å². The minimum atomic E-state index is -3.44. The van der Waals surface area contributed by atoms with E-state index in [0.717, 1.165) is 5.56 Å². The maximum atomic E-state index is 13.0. The molecule has 0 fully saturated rings. The van der Waals surface area contributed by atoms with Crippen molar-refractivity contribution in [3.05, 3.63) is 78.6 Å². The molecular formula is C22H21FN2O3S. The van der Waals surface area contributed by atoms with Crippen molar-refractivity contribution in [2.45, 2.75) is 18.2 Å². The van der Waals surface area contributed by atoms with Crippen LogP contribution in [-0.4, -0.2) is 20.2 Å². The molecule has 29 heavy (non-hydrogen) atoms. The first-order chi connectivity index (χ1) is 13.9. The predicted octanol–water partition coefficient (Wildman–Crippen LogP) is 5.32. The van der Waals surface area contributed by atoms with Crippen LogP contribution < -0.4 is 10.6 Å². The van der Waals surface area contributed by atoms with E-state index < -0.39 is 21.7 Å². The number of halogens is 1. The quantitative estimate of drug-likeness (QED) is 0.575. The first kappa shape index (κ1) is 20.5. The first-order valence-corrected chi connectivity index (χ1v) is 10.8. The molecule has 0 radical (unpaired) electrons. The highest BCUT2D eigenvalue weighted by atomic mass is 32.2. The number of sulfone groups is 1. The van der Waals surface area contributed by atoms with E-state index in [0.29, 0.717) is 23.4 Å². The Morgan fingerprint density at radius 1 is 0.931 bits per heavy atom. The zero-order chi connectivity index (χ0) is 20.9. The van der Waals surface area contributed by atoms with Gasteiger partial charge in [-0.1, -0.05) is 43.3 Å². The van der Waals surface area contributed by atoms with Crippen LogP contribution in [0, 0.1) is 5.82 Å². The van der Waals surface area contributed by atoms with Crippen molar-refractivity contribution in [1.29, 1.82) is 0 Å². The number of nitrogens with one attached hydrogen (secondary N) is 2. The van der Waals surface area contributed by atoms with Crippen molar-refractivity contribution in [2.24, 2.45) is 0 Å². The van der Waals surface area contributed by atoms with E-state index in [2.05, 4.69) is 10.6 Å². The third-order valence-corrected chi connectivity index (χ3v) is 6.18. The Morgan fingerprint density at radius 3 is 2.28 bits per heavy atom. The van der Waals surface area contributed by atoms with Gasteiger partial charge in [-0.2, -0.15) is 0 Å². The molecule has 0 atom stereocenters. The van der Waals surface area contributed by atoms with Gasteiger partial charge >= 0.3 is 6.03 Å². The second kappa shape index (κ2) is 8.87. The molecule has 5 nitrogen and oxygen atoms in total. The molecule has 2 amide bonds. The fourth-order valence-electron chi connectivity index (χ4n) is 2.89. The molecule has 7 heteroatoms. The number of urea groups is 1. The summed E-state index contributed by atoms with van der Waals surface area (Å²) < 4.78 is 38.0. The van der Waals surface area contributed by atoms with E-state index >= 15 is 0 Å². The number of hydrogen-bond acceptors (Lipinski definition) is 3. The van der Waals surface area contributed by atoms with Crippen LogP contribution in [0.5, 0.6) is 0 Å². The molecule has 3 aromatic rings. The van der Waals surface area contributed by atoms with E-state index in [9.17, 15) is 17.6 Å². The van der Waals surface area contributed by atoms with Crippen molar-refractivity contribution in [1.82, 2.24) is 0 Å². The van der Waals surface area contributed by atoms with Gasteiger partial charge in [0.1, 0.15) is 5.82 Å². The highest BCUT2D eigenvalue weighted by molar-refractivity contribution is 7.91. The second-order valence-electron chi connectivity index (χ2n) is 6.48. The lowest BCUT2D eigenvalue weighted by atomic mass is 10.0. The molecule has 0 saturated heterocycles. The summed E-state index contributed by atoms with van der Waals surface area (Å²) in [5, 5.41) is 5.33. The molecule has 0 aliphatic carbocycles. The van der Waals surface area contributed by atoms with Crippen LogP contribution in [0.4, 0.5) is 20.6 Å². The van der Waals surface area contributed by atoms with Crippen LogP contribution in [0.25, 0.3) is 11.1 Å². The van der Waals surface area contributed by atoms with Gasteiger partial charge in [0.15, 0.2) is 9.84 Å². The summed E-state index contributed by atoms with van der Waals surface area (Å²) >= 11 is 0. The Morgan fingerprint density at radius 2 is 1.62 bits per heavy atom. The van der Waals surface area contributed by atoms with Gasteiger partial charge in [-0.05, 0) is 48.4 Å². The lowest BCUT2D eigenvalue weighted by Gasteiger charge is -2.14. The smallest absolute Gasteiger partial charge is 0.308 e. The van der Waals surface area contributed by atoms with Crippen LogP contribution >= 0.6 is 0 Å². The SMILES string of the molecule is CCCS(=O)(=O)c1ccc(-c2ccccc2)c(NC(=O)Nc2ccc(F)cc2)c1. The van der Waals surface area contributed by atoms with E-state index in [1.165, 1.54) is 30.3 Å². The Hall–Kier alpha value is -3.19. The summed E-state index contributed by atoms with van der Waals surface area (Å²) in [5.41, 5.74) is 2.31. The van der Waals surface area contributed by atoms with Gasteiger partial charge < -0.3 is 10.6 Å². The summed E-state index contributed by atoms with van der Waals surface area (Å²) in [5.74, 6) is -0.380. The summed E-state index contributed by atoms with van der Waals surface area (Å²) in [4.78, 5) is 12.6. The molecule has 3 aromatic carbocycles. The van der Waals surface area contributed by atoms with Gasteiger partial charge in [-0.15, -0.1) is 0 Å². The average Bonchev–Trinajstić information content (AvgIpc) is 2.70. The minimum absolute atomic E-state index is 0.0267. The summed E-state index contributed by atoms with van der Waals surface area (Å²) in [6, 6.07) is 18.8.